The molecule has 1 heterocycles. The monoisotopic (exact) mass is 207 g/mol. The molecule has 2 rings (SSSR count). The average molecular weight is 207 g/mol. The largest absolute Gasteiger partial charge is 0.481 e. The van der Waals surface area contributed by atoms with Gasteiger partial charge in [-0.1, -0.05) is 19.9 Å². The fraction of sp³-hybridized carbons (Fsp3) is 0.583. The Morgan fingerprint density at radius 3 is 2.67 bits per heavy atom. The molecule has 1 fully saturated rings. The van der Waals surface area contributed by atoms with E-state index >= 15 is 0 Å². The third kappa shape index (κ3) is 1.34. The summed E-state index contributed by atoms with van der Waals surface area (Å²) in [7, 11) is 1.62. The lowest BCUT2D eigenvalue weighted by Gasteiger charge is -2.19. The Kier molecular flexibility index (Phi) is 2.23. The number of nitrogens with zero attached hydrogens (tertiary/aromatic N) is 1. The van der Waals surface area contributed by atoms with Gasteiger partial charge in [0.15, 0.2) is 0 Å². The van der Waals surface area contributed by atoms with Crippen LogP contribution in [0.2, 0.25) is 0 Å². The van der Waals surface area contributed by atoms with Crippen LogP contribution in [0.25, 0.3) is 0 Å². The number of methoxy groups -OCH3 is 1. The van der Waals surface area contributed by atoms with E-state index in [1.165, 1.54) is 0 Å². The van der Waals surface area contributed by atoms with Crippen molar-refractivity contribution in [3.05, 3.63) is 23.9 Å². The summed E-state index contributed by atoms with van der Waals surface area (Å²) >= 11 is 0. The SMILES string of the molecule is COc1ncccc1C1(CO)CC1(C)C. The van der Waals surface area contributed by atoms with Crippen LogP contribution in [0.1, 0.15) is 25.8 Å². The van der Waals surface area contributed by atoms with E-state index in [2.05, 4.69) is 18.8 Å². The fourth-order valence-electron chi connectivity index (χ4n) is 2.44. The number of aromatic nitrogens is 1. The smallest absolute Gasteiger partial charge is 0.216 e. The van der Waals surface area contributed by atoms with E-state index < -0.39 is 0 Å². The van der Waals surface area contributed by atoms with E-state index in [-0.39, 0.29) is 17.4 Å². The maximum atomic E-state index is 9.58. The second kappa shape index (κ2) is 3.20. The molecule has 82 valence electrons. The summed E-state index contributed by atoms with van der Waals surface area (Å²) in [5, 5.41) is 9.58. The molecule has 0 radical (unpaired) electrons. The molecule has 0 spiro atoms. The zero-order valence-electron chi connectivity index (χ0n) is 9.45. The lowest BCUT2D eigenvalue weighted by molar-refractivity contribution is 0.227. The average Bonchev–Trinajstić information content (AvgIpc) is 2.82. The molecule has 1 N–H and O–H groups in total. The zero-order chi connectivity index (χ0) is 11.1. The summed E-state index contributed by atoms with van der Waals surface area (Å²) in [5.41, 5.74) is 1.00. The van der Waals surface area contributed by atoms with Crippen LogP contribution in [0.15, 0.2) is 18.3 Å². The Bertz CT molecular complexity index is 376. The molecule has 1 saturated carbocycles. The van der Waals surface area contributed by atoms with Crippen LogP contribution in [-0.2, 0) is 5.41 Å². The summed E-state index contributed by atoms with van der Waals surface area (Å²) in [6, 6.07) is 3.89. The molecule has 0 bridgehead atoms. The first kappa shape index (κ1) is 10.4. The van der Waals surface area contributed by atoms with Crippen molar-refractivity contribution < 1.29 is 9.84 Å². The van der Waals surface area contributed by atoms with Crippen molar-refractivity contribution in [1.29, 1.82) is 0 Å². The highest BCUT2D eigenvalue weighted by molar-refractivity contribution is 5.42. The number of pyridine rings is 1. The van der Waals surface area contributed by atoms with Crippen LogP contribution >= 0.6 is 0 Å². The maximum Gasteiger partial charge on any atom is 0.216 e. The molecule has 3 heteroatoms. The van der Waals surface area contributed by atoms with Crippen molar-refractivity contribution in [2.75, 3.05) is 13.7 Å². The van der Waals surface area contributed by atoms with Crippen molar-refractivity contribution in [2.45, 2.75) is 25.7 Å². The third-order valence-corrected chi connectivity index (χ3v) is 3.66. The Morgan fingerprint density at radius 1 is 1.53 bits per heavy atom. The van der Waals surface area contributed by atoms with Gasteiger partial charge in [0, 0.05) is 17.2 Å². The lowest BCUT2D eigenvalue weighted by atomic mass is 9.89. The normalized spacial score (nSPS) is 27.5. The minimum absolute atomic E-state index is 0.137. The van der Waals surface area contributed by atoms with E-state index in [4.69, 9.17) is 4.74 Å². The third-order valence-electron chi connectivity index (χ3n) is 3.66. The molecule has 1 aliphatic carbocycles. The van der Waals surface area contributed by atoms with Crippen LogP contribution in [0.3, 0.4) is 0 Å². The first-order valence-electron chi connectivity index (χ1n) is 5.18. The van der Waals surface area contributed by atoms with Crippen LogP contribution in [0.4, 0.5) is 0 Å². The number of aliphatic hydroxyl groups excluding tert-OH is 1. The zero-order valence-corrected chi connectivity index (χ0v) is 9.45. The standard InChI is InChI=1S/C12H17NO2/c1-11(2)7-12(11,8-14)9-5-4-6-13-10(9)15-3/h4-6,14H,7-8H2,1-3H3. The topological polar surface area (TPSA) is 42.4 Å². The maximum absolute atomic E-state index is 9.58. The molecule has 0 amide bonds. The Balaban J connectivity index is 2.46. The molecule has 1 unspecified atom stereocenters. The highest BCUT2D eigenvalue weighted by atomic mass is 16.5. The van der Waals surface area contributed by atoms with Gasteiger partial charge in [-0.2, -0.15) is 0 Å². The molecule has 1 aromatic heterocycles. The molecule has 1 atom stereocenters. The highest BCUT2D eigenvalue weighted by Crippen LogP contribution is 2.65. The number of hydrogen-bond donors (Lipinski definition) is 1. The van der Waals surface area contributed by atoms with Gasteiger partial charge in [-0.3, -0.25) is 0 Å². The predicted octanol–water partition coefficient (Wildman–Crippen LogP) is 1.75. The van der Waals surface area contributed by atoms with Gasteiger partial charge in [0.1, 0.15) is 0 Å². The second-order valence-electron chi connectivity index (χ2n) is 4.86. The molecule has 0 saturated heterocycles. The molecule has 15 heavy (non-hydrogen) atoms. The fourth-order valence-corrected chi connectivity index (χ4v) is 2.44. The number of rotatable bonds is 3. The van der Waals surface area contributed by atoms with Crippen molar-refractivity contribution in [2.24, 2.45) is 5.41 Å². The van der Waals surface area contributed by atoms with Gasteiger partial charge in [0.2, 0.25) is 5.88 Å². The number of ether oxygens (including phenoxy) is 1. The summed E-state index contributed by atoms with van der Waals surface area (Å²) < 4.78 is 5.24. The number of hydrogen-bond acceptors (Lipinski definition) is 3. The molecule has 0 aliphatic heterocycles. The quantitative estimate of drug-likeness (QED) is 0.821. The summed E-state index contributed by atoms with van der Waals surface area (Å²) in [6.07, 6.45) is 2.70. The van der Waals surface area contributed by atoms with E-state index in [9.17, 15) is 5.11 Å². The lowest BCUT2D eigenvalue weighted by Crippen LogP contribution is -2.20. The first-order valence-corrected chi connectivity index (χ1v) is 5.18. The summed E-state index contributed by atoms with van der Waals surface area (Å²) in [5.74, 6) is 0.636. The van der Waals surface area contributed by atoms with Crippen molar-refractivity contribution in [3.63, 3.8) is 0 Å². The minimum Gasteiger partial charge on any atom is -0.481 e. The molecule has 1 aliphatic rings. The van der Waals surface area contributed by atoms with Crippen LogP contribution < -0.4 is 4.74 Å². The number of aliphatic hydroxyl groups is 1. The highest BCUT2D eigenvalue weighted by Gasteiger charge is 2.62. The molecule has 1 aromatic rings. The van der Waals surface area contributed by atoms with Crippen LogP contribution in [0, 0.1) is 5.41 Å². The molecule has 3 nitrogen and oxygen atoms in total. The van der Waals surface area contributed by atoms with Gasteiger partial charge < -0.3 is 9.84 Å². The second-order valence-corrected chi connectivity index (χ2v) is 4.86. The molecular formula is C12H17NO2. The van der Waals surface area contributed by atoms with Crippen LogP contribution in [0.5, 0.6) is 5.88 Å². The first-order chi connectivity index (χ1) is 7.07. The van der Waals surface area contributed by atoms with Gasteiger partial charge in [-0.05, 0) is 17.9 Å². The molecule has 0 aromatic carbocycles. The Morgan fingerprint density at radius 2 is 2.20 bits per heavy atom. The van der Waals surface area contributed by atoms with Gasteiger partial charge in [-0.25, -0.2) is 4.98 Å². The van der Waals surface area contributed by atoms with E-state index in [1.54, 1.807) is 13.3 Å². The van der Waals surface area contributed by atoms with Gasteiger partial charge in [0.05, 0.1) is 13.7 Å². The van der Waals surface area contributed by atoms with Crippen molar-refractivity contribution in [3.8, 4) is 5.88 Å². The predicted molar refractivity (Wildman–Crippen MR) is 58.0 cm³/mol. The van der Waals surface area contributed by atoms with Gasteiger partial charge >= 0.3 is 0 Å². The van der Waals surface area contributed by atoms with Crippen molar-refractivity contribution in [1.82, 2.24) is 4.98 Å². The van der Waals surface area contributed by atoms with E-state index in [0.717, 1.165) is 12.0 Å². The molecular weight excluding hydrogens is 190 g/mol. The summed E-state index contributed by atoms with van der Waals surface area (Å²) in [4.78, 5) is 4.18. The Hall–Kier alpha value is -1.09. The Labute approximate surface area is 90.1 Å². The minimum atomic E-state index is -0.160. The van der Waals surface area contributed by atoms with E-state index in [0.29, 0.717) is 5.88 Å². The van der Waals surface area contributed by atoms with Gasteiger partial charge in [-0.15, -0.1) is 0 Å². The van der Waals surface area contributed by atoms with Crippen LogP contribution in [-0.4, -0.2) is 23.8 Å². The van der Waals surface area contributed by atoms with E-state index in [1.807, 2.05) is 12.1 Å². The van der Waals surface area contributed by atoms with Crippen molar-refractivity contribution >= 4 is 0 Å². The van der Waals surface area contributed by atoms with Gasteiger partial charge in [0.25, 0.3) is 0 Å². The summed E-state index contributed by atoms with van der Waals surface area (Å²) in [6.45, 7) is 4.48.